The van der Waals surface area contributed by atoms with Crippen LogP contribution in [0.1, 0.15) is 40.1 Å². The first-order valence-electron chi connectivity index (χ1n) is 9.79. The highest BCUT2D eigenvalue weighted by Crippen LogP contribution is 2.35. The molecular formula is C21H20ClF3N6O3S. The quantitative estimate of drug-likeness (QED) is 0.272. The van der Waals surface area contributed by atoms with Crippen molar-refractivity contribution in [3.63, 3.8) is 0 Å². The lowest BCUT2D eigenvalue weighted by molar-refractivity contribution is -0.137. The topological polar surface area (TPSA) is 125 Å². The van der Waals surface area contributed by atoms with Gasteiger partial charge >= 0.3 is 6.18 Å². The normalized spacial score (nSPS) is 12.8. The fourth-order valence-corrected chi connectivity index (χ4v) is 3.55. The van der Waals surface area contributed by atoms with Crippen LogP contribution in [0.3, 0.4) is 0 Å². The first-order valence-corrected chi connectivity index (χ1v) is 11.0. The number of aromatic nitrogens is 2. The Hall–Kier alpha value is -3.58. The maximum Gasteiger partial charge on any atom is 0.418 e. The molecule has 186 valence electrons. The van der Waals surface area contributed by atoms with Gasteiger partial charge in [-0.25, -0.2) is 9.97 Å². The standard InChI is InChI=1S/C21H20ClF3N6O3S/c1-5-27-14(6-10(2)17(32)26-4)18(33)30-11(3)20-29-9-15(35-20)19(34)31-16-7-12(21(23,24)25)13(22)8-28-16/h5-9,11H,2H2,1,3-4H3,(H,26,32)(H,30,33)(H,28,31,34)/b14-6-,27-5?/t11-/m1/s1. The van der Waals surface area contributed by atoms with Crippen molar-refractivity contribution in [2.45, 2.75) is 26.1 Å². The van der Waals surface area contributed by atoms with E-state index in [0.29, 0.717) is 11.1 Å². The number of anilines is 1. The summed E-state index contributed by atoms with van der Waals surface area (Å²) >= 11 is 6.45. The molecule has 0 aliphatic carbocycles. The molecule has 0 saturated heterocycles. The van der Waals surface area contributed by atoms with Crippen molar-refractivity contribution in [1.29, 1.82) is 0 Å². The van der Waals surface area contributed by atoms with E-state index in [2.05, 4.69) is 37.5 Å². The maximum atomic E-state index is 13.0. The third-order valence-electron chi connectivity index (χ3n) is 4.20. The van der Waals surface area contributed by atoms with Crippen molar-refractivity contribution in [2.75, 3.05) is 12.4 Å². The summed E-state index contributed by atoms with van der Waals surface area (Å²) in [5.74, 6) is -2.19. The zero-order valence-corrected chi connectivity index (χ0v) is 20.2. The minimum atomic E-state index is -4.72. The van der Waals surface area contributed by atoms with E-state index in [-0.39, 0.29) is 22.0 Å². The molecule has 3 N–H and O–H groups in total. The summed E-state index contributed by atoms with van der Waals surface area (Å²) in [6, 6.07) is -0.0388. The molecule has 1 atom stereocenters. The molecular weight excluding hydrogens is 509 g/mol. The molecule has 3 amide bonds. The van der Waals surface area contributed by atoms with Crippen LogP contribution in [0.4, 0.5) is 19.0 Å². The number of likely N-dealkylation sites (N-methyl/N-ethyl adjacent to an activating group) is 1. The van der Waals surface area contributed by atoms with Crippen LogP contribution in [0, 0.1) is 0 Å². The van der Waals surface area contributed by atoms with Crippen LogP contribution in [-0.4, -0.2) is 41.0 Å². The lowest BCUT2D eigenvalue weighted by atomic mass is 10.2. The van der Waals surface area contributed by atoms with Crippen LogP contribution in [0.25, 0.3) is 0 Å². The molecule has 9 nitrogen and oxygen atoms in total. The molecule has 0 fully saturated rings. The Balaban J connectivity index is 2.13. The Morgan fingerprint density at radius 1 is 1.23 bits per heavy atom. The largest absolute Gasteiger partial charge is 0.418 e. The molecule has 2 aromatic heterocycles. The number of hydrogen-bond acceptors (Lipinski definition) is 7. The first kappa shape index (κ1) is 27.7. The van der Waals surface area contributed by atoms with Gasteiger partial charge in [0.2, 0.25) is 5.91 Å². The van der Waals surface area contributed by atoms with E-state index in [1.807, 2.05) is 0 Å². The summed E-state index contributed by atoms with van der Waals surface area (Å²) < 4.78 is 39.0. The Morgan fingerprint density at radius 2 is 1.91 bits per heavy atom. The molecule has 0 aromatic carbocycles. The number of hydrogen-bond donors (Lipinski definition) is 3. The van der Waals surface area contributed by atoms with Gasteiger partial charge in [0.15, 0.2) is 0 Å². The number of nitrogens with zero attached hydrogens (tertiary/aromatic N) is 3. The maximum absolute atomic E-state index is 13.0. The second-order valence-corrected chi connectivity index (χ2v) is 8.25. The van der Waals surface area contributed by atoms with E-state index in [9.17, 15) is 27.6 Å². The Bertz CT molecular complexity index is 1210. The number of carbonyl (C=O) groups is 3. The number of carbonyl (C=O) groups excluding carboxylic acids is 3. The number of aliphatic imine (C=N–C) groups is 1. The lowest BCUT2D eigenvalue weighted by Crippen LogP contribution is -2.28. The van der Waals surface area contributed by atoms with Gasteiger partial charge in [0, 0.05) is 25.0 Å². The number of pyridine rings is 1. The summed E-state index contributed by atoms with van der Waals surface area (Å²) in [5.41, 5.74) is -1.19. The van der Waals surface area contributed by atoms with Crippen molar-refractivity contribution in [1.82, 2.24) is 20.6 Å². The van der Waals surface area contributed by atoms with E-state index in [1.165, 1.54) is 25.5 Å². The van der Waals surface area contributed by atoms with Crippen molar-refractivity contribution in [3.05, 3.63) is 62.9 Å². The van der Waals surface area contributed by atoms with E-state index >= 15 is 0 Å². The van der Waals surface area contributed by atoms with Gasteiger partial charge in [0.1, 0.15) is 21.4 Å². The van der Waals surface area contributed by atoms with E-state index in [1.54, 1.807) is 13.8 Å². The van der Waals surface area contributed by atoms with Gasteiger partial charge in [0.05, 0.1) is 22.8 Å². The SMILES string of the molecule is C=C(/C=C(\N=CC)C(=O)N[C@H](C)c1ncc(C(=O)Nc2cc(C(F)(F)F)c(Cl)cn2)s1)C(=O)NC. The van der Waals surface area contributed by atoms with Gasteiger partial charge in [-0.05, 0) is 26.0 Å². The molecule has 2 heterocycles. The Labute approximate surface area is 207 Å². The van der Waals surface area contributed by atoms with Gasteiger partial charge in [-0.3, -0.25) is 19.4 Å². The smallest absolute Gasteiger partial charge is 0.355 e. The summed E-state index contributed by atoms with van der Waals surface area (Å²) in [7, 11) is 1.42. The summed E-state index contributed by atoms with van der Waals surface area (Å²) in [6.45, 7) is 6.77. The molecule has 0 bridgehead atoms. The van der Waals surface area contributed by atoms with Gasteiger partial charge in [-0.1, -0.05) is 18.2 Å². The average Bonchev–Trinajstić information content (AvgIpc) is 3.29. The van der Waals surface area contributed by atoms with E-state index < -0.39 is 40.5 Å². The van der Waals surface area contributed by atoms with Gasteiger partial charge in [0.25, 0.3) is 11.8 Å². The summed E-state index contributed by atoms with van der Waals surface area (Å²) in [6.07, 6.45) is -0.123. The van der Waals surface area contributed by atoms with Crippen LogP contribution < -0.4 is 16.0 Å². The second kappa shape index (κ2) is 11.7. The fourth-order valence-electron chi connectivity index (χ4n) is 2.52. The molecule has 0 unspecified atom stereocenters. The highest BCUT2D eigenvalue weighted by atomic mass is 35.5. The second-order valence-electron chi connectivity index (χ2n) is 6.78. The number of rotatable bonds is 8. The van der Waals surface area contributed by atoms with Crippen molar-refractivity contribution in [2.24, 2.45) is 4.99 Å². The Kier molecular flexibility index (Phi) is 9.25. The highest BCUT2D eigenvalue weighted by molar-refractivity contribution is 7.13. The third kappa shape index (κ3) is 7.45. The molecule has 2 aromatic rings. The highest BCUT2D eigenvalue weighted by Gasteiger charge is 2.34. The third-order valence-corrected chi connectivity index (χ3v) is 5.68. The van der Waals surface area contributed by atoms with Gasteiger partial charge in [-0.15, -0.1) is 11.3 Å². The summed E-state index contributed by atoms with van der Waals surface area (Å²) in [5, 5.41) is 7.03. The number of halogens is 4. The first-order chi connectivity index (χ1) is 16.4. The molecule has 14 heteroatoms. The molecule has 0 spiro atoms. The zero-order chi connectivity index (χ0) is 26.3. The number of thiazole rings is 1. The molecule has 0 aliphatic heterocycles. The number of alkyl halides is 3. The number of nitrogens with one attached hydrogen (secondary N) is 3. The molecule has 0 aliphatic rings. The van der Waals surface area contributed by atoms with Crippen LogP contribution in [0.5, 0.6) is 0 Å². The molecule has 35 heavy (non-hydrogen) atoms. The van der Waals surface area contributed by atoms with E-state index in [0.717, 1.165) is 17.5 Å². The monoisotopic (exact) mass is 528 g/mol. The van der Waals surface area contributed by atoms with Crippen molar-refractivity contribution < 1.29 is 27.6 Å². The average molecular weight is 529 g/mol. The van der Waals surface area contributed by atoms with Crippen molar-refractivity contribution in [3.8, 4) is 0 Å². The van der Waals surface area contributed by atoms with Crippen LogP contribution in [0.15, 0.2) is 47.4 Å². The van der Waals surface area contributed by atoms with Crippen LogP contribution >= 0.6 is 22.9 Å². The van der Waals surface area contributed by atoms with E-state index in [4.69, 9.17) is 11.6 Å². The van der Waals surface area contributed by atoms with Gasteiger partial charge in [-0.2, -0.15) is 13.2 Å². The van der Waals surface area contributed by atoms with Crippen LogP contribution in [0.2, 0.25) is 5.02 Å². The zero-order valence-electron chi connectivity index (χ0n) is 18.7. The number of amides is 3. The molecule has 2 rings (SSSR count). The fraction of sp³-hybridized carbons (Fsp3) is 0.238. The van der Waals surface area contributed by atoms with Crippen molar-refractivity contribution >= 4 is 52.7 Å². The van der Waals surface area contributed by atoms with Crippen LogP contribution in [-0.2, 0) is 15.8 Å². The minimum absolute atomic E-state index is 0.0219. The predicted molar refractivity (Wildman–Crippen MR) is 126 cm³/mol. The summed E-state index contributed by atoms with van der Waals surface area (Å²) in [4.78, 5) is 48.5. The minimum Gasteiger partial charge on any atom is -0.355 e. The molecule has 0 saturated carbocycles. The van der Waals surface area contributed by atoms with Gasteiger partial charge < -0.3 is 16.0 Å². The predicted octanol–water partition coefficient (Wildman–Crippen LogP) is 3.92. The Morgan fingerprint density at radius 3 is 2.51 bits per heavy atom. The lowest BCUT2D eigenvalue weighted by Gasteiger charge is -2.12. The molecule has 0 radical (unpaired) electrons.